The van der Waals surface area contributed by atoms with Crippen LogP contribution in [0.4, 0.5) is 0 Å². The van der Waals surface area contributed by atoms with Crippen molar-refractivity contribution in [1.82, 2.24) is 39.0 Å². The molecule has 0 bridgehead atoms. The van der Waals surface area contributed by atoms with Crippen molar-refractivity contribution in [3.8, 4) is 113 Å². The number of para-hydroxylation sites is 3. The van der Waals surface area contributed by atoms with E-state index in [9.17, 15) is 0 Å². The minimum Gasteiger partial charge on any atom is -0.455 e. The highest BCUT2D eigenvalue weighted by Gasteiger charge is 2.29. The molecule has 0 saturated carbocycles. The Morgan fingerprint density at radius 2 is 0.541 bits per heavy atom. The van der Waals surface area contributed by atoms with Gasteiger partial charge in [0.1, 0.15) is 22.3 Å². The van der Waals surface area contributed by atoms with Crippen molar-refractivity contribution in [3.63, 3.8) is 0 Å². The molecule has 0 aliphatic carbocycles. The fourth-order valence-corrected chi connectivity index (χ4v) is 21.0. The van der Waals surface area contributed by atoms with Crippen molar-refractivity contribution >= 4 is 172 Å². The summed E-state index contributed by atoms with van der Waals surface area (Å²) in [7, 11) is 0. The fourth-order valence-electron chi connectivity index (χ4n) is 18.8. The highest BCUT2D eigenvalue weighted by Crippen LogP contribution is 2.49. The molecule has 26 aromatic rings. The molecule has 0 fully saturated rings. The van der Waals surface area contributed by atoms with Crippen LogP contribution in [0.2, 0.25) is 0 Å². The van der Waals surface area contributed by atoms with E-state index in [4.69, 9.17) is 38.7 Å². The molecule has 0 saturated heterocycles. The standard InChI is InChI=1S/C110H62N8O2S2/c1-2-19-63(20-3-1)68-25-18-26-74(55-68)106-112-108(76-47-54-100-88(59-76)82-31-12-17-36-98(82)122-100)116-110(114-106)102-92(118-90-33-14-9-28-78(90)86-57-70-22-5-7-24-72(70)61-94(86)118)52-50-84-80-48-45-73(62-96(80)120-104(84)102)66-39-37-64(38-40-66)65-41-43-67(44-42-65)105-111-107(75-46-53-99-87(58-75)81-30-11-16-35-97(81)121-99)115-109(113-105)101-91(51-49-83-79-29-10-15-34-95(79)119-103(83)101)117-89-32-13-8-27-77(89)85-56-69-21-4-6-23-71(69)60-93(85)117/h1-62H. The molecule has 0 atom stereocenters. The van der Waals surface area contributed by atoms with E-state index < -0.39 is 0 Å². The molecule has 0 aliphatic heterocycles. The third-order valence-corrected chi connectivity index (χ3v) is 26.9. The van der Waals surface area contributed by atoms with Gasteiger partial charge in [-0.1, -0.05) is 243 Å². The van der Waals surface area contributed by atoms with E-state index in [1.54, 1.807) is 22.7 Å². The molecule has 122 heavy (non-hydrogen) atoms. The van der Waals surface area contributed by atoms with E-state index in [2.05, 4.69) is 367 Å². The molecule has 0 amide bonds. The lowest BCUT2D eigenvalue weighted by atomic mass is 9.98. The molecular formula is C110H62N8O2S2. The van der Waals surface area contributed by atoms with Gasteiger partial charge in [-0.05, 0) is 188 Å². The van der Waals surface area contributed by atoms with Gasteiger partial charge in [-0.25, -0.2) is 29.9 Å². The zero-order chi connectivity index (χ0) is 79.8. The van der Waals surface area contributed by atoms with Gasteiger partial charge in [0.25, 0.3) is 0 Å². The minimum absolute atomic E-state index is 0.486. The number of nitrogens with zero attached hydrogens (tertiary/aromatic N) is 8. The van der Waals surface area contributed by atoms with Gasteiger partial charge >= 0.3 is 0 Å². The third kappa shape index (κ3) is 10.8. The Hall–Kier alpha value is -15.9. The molecule has 12 heteroatoms. The Bertz CT molecular complexity index is 8920. The maximum atomic E-state index is 7.50. The molecule has 8 aromatic heterocycles. The summed E-state index contributed by atoms with van der Waals surface area (Å²) >= 11 is 3.59. The number of aromatic nitrogens is 8. The molecule has 0 N–H and O–H groups in total. The second-order valence-corrected chi connectivity index (χ2v) is 33.7. The van der Waals surface area contributed by atoms with Gasteiger partial charge in [0, 0.05) is 106 Å². The highest BCUT2D eigenvalue weighted by atomic mass is 32.1. The average molecular weight is 1590 g/mol. The number of furan rings is 2. The van der Waals surface area contributed by atoms with Crippen LogP contribution in [0.5, 0.6) is 0 Å². The SMILES string of the molecule is c1ccc(-c2cccc(-c3nc(-c4ccc5sc6ccccc6c5c4)nc(-c4c(-n5c6ccccc6c6cc7ccccc7cc65)ccc5c4oc4cc(-c6ccc(-c7ccc(-c8nc(-c9ccc%10sc%11ccccc%11c%10c9)nc(-c9c(-n%10c%11ccccc%11c%11cc%12ccccc%12cc%11%10)ccc%10c9oc9ccccc9%10)n8)cc7)cc6)ccc45)n3)c2)cc1. The first-order valence-electron chi connectivity index (χ1n) is 40.9. The summed E-state index contributed by atoms with van der Waals surface area (Å²) in [6.07, 6.45) is 0. The summed E-state index contributed by atoms with van der Waals surface area (Å²) in [4.78, 5) is 33.4. The lowest BCUT2D eigenvalue weighted by molar-refractivity contribution is 0.669. The van der Waals surface area contributed by atoms with E-state index in [1.807, 2.05) is 18.2 Å². The van der Waals surface area contributed by atoms with Gasteiger partial charge in [-0.2, -0.15) is 0 Å². The molecule has 0 radical (unpaired) electrons. The second kappa shape index (κ2) is 26.8. The van der Waals surface area contributed by atoms with Crippen molar-refractivity contribution < 1.29 is 8.83 Å². The molecule has 0 unspecified atom stereocenters. The van der Waals surface area contributed by atoms with E-state index in [0.29, 0.717) is 46.1 Å². The summed E-state index contributed by atoms with van der Waals surface area (Å²) < 4.78 is 24.2. The van der Waals surface area contributed by atoms with Crippen molar-refractivity contribution in [2.45, 2.75) is 0 Å². The number of rotatable bonds is 11. The van der Waals surface area contributed by atoms with E-state index >= 15 is 0 Å². The number of fused-ring (bicyclic) bond motifs is 20. The summed E-state index contributed by atoms with van der Waals surface area (Å²) in [5.74, 6) is 3.17. The van der Waals surface area contributed by atoms with Crippen LogP contribution in [0.3, 0.4) is 0 Å². The molecule has 566 valence electrons. The first-order valence-corrected chi connectivity index (χ1v) is 42.6. The number of hydrogen-bond acceptors (Lipinski definition) is 10. The minimum atomic E-state index is 0.486. The molecule has 10 nitrogen and oxygen atoms in total. The predicted molar refractivity (Wildman–Crippen MR) is 506 cm³/mol. The van der Waals surface area contributed by atoms with Gasteiger partial charge in [0.15, 0.2) is 34.9 Å². The summed E-state index contributed by atoms with van der Waals surface area (Å²) in [5, 5.41) is 17.8. The quantitative estimate of drug-likeness (QED) is 0.126. The number of hydrogen-bond donors (Lipinski definition) is 0. The van der Waals surface area contributed by atoms with Gasteiger partial charge in [0.2, 0.25) is 0 Å². The Kier molecular flexibility index (Phi) is 15.0. The van der Waals surface area contributed by atoms with Crippen LogP contribution in [0.1, 0.15) is 0 Å². The van der Waals surface area contributed by atoms with Gasteiger partial charge in [0.05, 0.1) is 44.6 Å². The summed E-state index contributed by atoms with van der Waals surface area (Å²) in [6.45, 7) is 0. The molecule has 18 aromatic carbocycles. The lowest BCUT2D eigenvalue weighted by Crippen LogP contribution is -2.04. The van der Waals surface area contributed by atoms with E-state index in [1.165, 1.54) is 40.3 Å². The average Bonchev–Trinajstić information content (AvgIpc) is 1.56. The van der Waals surface area contributed by atoms with Crippen LogP contribution in [-0.4, -0.2) is 39.0 Å². The zero-order valence-corrected chi connectivity index (χ0v) is 66.6. The van der Waals surface area contributed by atoms with Crippen LogP contribution in [0.25, 0.3) is 262 Å². The van der Waals surface area contributed by atoms with Gasteiger partial charge < -0.3 is 18.0 Å². The van der Waals surface area contributed by atoms with Crippen molar-refractivity contribution in [2.75, 3.05) is 0 Å². The van der Waals surface area contributed by atoms with Crippen LogP contribution >= 0.6 is 22.7 Å². The Morgan fingerprint density at radius 3 is 1.08 bits per heavy atom. The van der Waals surface area contributed by atoms with Crippen LogP contribution in [-0.2, 0) is 0 Å². The van der Waals surface area contributed by atoms with Crippen LogP contribution < -0.4 is 0 Å². The Labute approximate surface area is 704 Å². The number of benzene rings is 18. The molecular weight excluding hydrogens is 1530 g/mol. The highest BCUT2D eigenvalue weighted by molar-refractivity contribution is 7.26. The fraction of sp³-hybridized carbons (Fsp3) is 0. The maximum absolute atomic E-state index is 7.50. The van der Waals surface area contributed by atoms with Gasteiger partial charge in [-0.15, -0.1) is 22.7 Å². The molecule has 0 spiro atoms. The topological polar surface area (TPSA) is 113 Å². The first-order chi connectivity index (χ1) is 60.4. The zero-order valence-electron chi connectivity index (χ0n) is 65.0. The first kappa shape index (κ1) is 68.2. The van der Waals surface area contributed by atoms with Crippen molar-refractivity contribution in [3.05, 3.63) is 376 Å². The normalized spacial score (nSPS) is 12.1. The van der Waals surface area contributed by atoms with E-state index in [-0.39, 0.29) is 0 Å². The van der Waals surface area contributed by atoms with Crippen LogP contribution in [0, 0.1) is 0 Å². The van der Waals surface area contributed by atoms with Crippen molar-refractivity contribution in [1.29, 1.82) is 0 Å². The molecule has 8 heterocycles. The van der Waals surface area contributed by atoms with Crippen molar-refractivity contribution in [2.24, 2.45) is 0 Å². The predicted octanol–water partition coefficient (Wildman–Crippen LogP) is 30.1. The third-order valence-electron chi connectivity index (χ3n) is 24.6. The van der Waals surface area contributed by atoms with Crippen LogP contribution in [0.15, 0.2) is 385 Å². The van der Waals surface area contributed by atoms with E-state index in [0.717, 1.165) is 176 Å². The Morgan fingerprint density at radius 1 is 0.189 bits per heavy atom. The monoisotopic (exact) mass is 1590 g/mol. The maximum Gasteiger partial charge on any atom is 0.170 e. The number of thiophene rings is 2. The lowest BCUT2D eigenvalue weighted by Gasteiger charge is -2.15. The summed E-state index contributed by atoms with van der Waals surface area (Å²) in [6, 6.07) is 134. The Balaban J connectivity index is 0.611. The largest absolute Gasteiger partial charge is 0.455 e. The smallest absolute Gasteiger partial charge is 0.170 e. The molecule has 26 rings (SSSR count). The molecule has 0 aliphatic rings. The summed E-state index contributed by atoms with van der Waals surface area (Å²) in [5.41, 5.74) is 20.2. The van der Waals surface area contributed by atoms with Gasteiger partial charge in [-0.3, -0.25) is 0 Å². The second-order valence-electron chi connectivity index (χ2n) is 31.6.